The van der Waals surface area contributed by atoms with Gasteiger partial charge in [-0.2, -0.15) is 4.39 Å². The Labute approximate surface area is 120 Å². The van der Waals surface area contributed by atoms with Crippen LogP contribution in [0.5, 0.6) is 0 Å². The lowest BCUT2D eigenvalue weighted by Crippen LogP contribution is -2.25. The number of hydrogen-bond donors (Lipinski definition) is 1. The molecule has 1 aliphatic rings. The Morgan fingerprint density at radius 3 is 2.76 bits per heavy atom. The molecular weight excluding hydrogens is 298 g/mol. The molecule has 21 heavy (non-hydrogen) atoms. The number of pyridine rings is 1. The van der Waals surface area contributed by atoms with Crippen LogP contribution < -0.4 is 5.32 Å². The number of nitrogens with one attached hydrogen (secondary N) is 1. The Bertz CT molecular complexity index is 793. The molecule has 0 spiro atoms. The van der Waals surface area contributed by atoms with Gasteiger partial charge in [0.1, 0.15) is 11.6 Å². The van der Waals surface area contributed by atoms with E-state index in [2.05, 4.69) is 10.3 Å². The summed E-state index contributed by atoms with van der Waals surface area (Å²) in [6.45, 7) is 0. The van der Waals surface area contributed by atoms with Crippen molar-refractivity contribution in [3.8, 4) is 0 Å². The third-order valence-electron chi connectivity index (χ3n) is 3.39. The van der Waals surface area contributed by atoms with Crippen LogP contribution in [0.2, 0.25) is 0 Å². The van der Waals surface area contributed by atoms with Crippen molar-refractivity contribution in [1.82, 2.24) is 4.98 Å². The molecule has 2 aromatic rings. The fourth-order valence-electron chi connectivity index (χ4n) is 2.43. The molecule has 2 heterocycles. The van der Waals surface area contributed by atoms with E-state index >= 15 is 0 Å². The zero-order valence-corrected chi connectivity index (χ0v) is 11.7. The molecule has 3 rings (SSSR count). The highest BCUT2D eigenvalue weighted by atomic mass is 32.2. The normalized spacial score (nSPS) is 19.8. The first-order valence-electron chi connectivity index (χ1n) is 6.37. The van der Waals surface area contributed by atoms with Crippen LogP contribution in [0.15, 0.2) is 41.3 Å². The molecule has 0 aliphatic carbocycles. The summed E-state index contributed by atoms with van der Waals surface area (Å²) in [5.41, 5.74) is 0.354. The second-order valence-corrected chi connectivity index (χ2v) is 6.91. The molecule has 110 valence electrons. The largest absolute Gasteiger partial charge is 0.363 e. The maximum absolute atomic E-state index is 13.4. The molecule has 1 aromatic heterocycles. The monoisotopic (exact) mass is 310 g/mol. The number of sulfone groups is 1. The van der Waals surface area contributed by atoms with E-state index in [-0.39, 0.29) is 22.9 Å². The minimum Gasteiger partial charge on any atom is -0.363 e. The first-order valence-corrected chi connectivity index (χ1v) is 8.02. The number of anilines is 1. The maximum atomic E-state index is 13.4. The number of benzene rings is 1. The van der Waals surface area contributed by atoms with Gasteiger partial charge in [0.15, 0.2) is 9.84 Å². The molecule has 0 radical (unpaired) electrons. The van der Waals surface area contributed by atoms with E-state index in [1.54, 1.807) is 6.07 Å². The number of rotatable bonds is 2. The van der Waals surface area contributed by atoms with Gasteiger partial charge in [0.2, 0.25) is 5.95 Å². The van der Waals surface area contributed by atoms with Gasteiger partial charge in [0.25, 0.3) is 0 Å². The molecule has 0 saturated carbocycles. The fraction of sp³-hybridized carbons (Fsp3) is 0.214. The molecule has 1 aliphatic heterocycles. The maximum Gasteiger partial charge on any atom is 0.214 e. The van der Waals surface area contributed by atoms with Gasteiger partial charge in [-0.1, -0.05) is 6.07 Å². The average Bonchev–Trinajstić information content (AvgIpc) is 2.42. The fourth-order valence-corrected chi connectivity index (χ4v) is 4.03. The van der Waals surface area contributed by atoms with E-state index in [0.717, 1.165) is 6.07 Å². The van der Waals surface area contributed by atoms with Crippen molar-refractivity contribution >= 4 is 15.7 Å². The molecule has 1 atom stereocenters. The highest BCUT2D eigenvalue weighted by Gasteiger charge is 2.30. The van der Waals surface area contributed by atoms with Crippen molar-refractivity contribution in [3.63, 3.8) is 0 Å². The number of aromatic nitrogens is 1. The van der Waals surface area contributed by atoms with Crippen molar-refractivity contribution in [2.45, 2.75) is 17.4 Å². The second kappa shape index (κ2) is 5.07. The van der Waals surface area contributed by atoms with Crippen LogP contribution in [0.4, 0.5) is 14.6 Å². The van der Waals surface area contributed by atoms with Gasteiger partial charge in [-0.3, -0.25) is 0 Å². The van der Waals surface area contributed by atoms with Crippen LogP contribution in [0, 0.1) is 11.8 Å². The lowest BCUT2D eigenvalue weighted by atomic mass is 10.0. The second-order valence-electron chi connectivity index (χ2n) is 4.83. The Morgan fingerprint density at radius 2 is 2.00 bits per heavy atom. The van der Waals surface area contributed by atoms with Gasteiger partial charge < -0.3 is 5.32 Å². The predicted molar refractivity (Wildman–Crippen MR) is 73.6 cm³/mol. The Balaban J connectivity index is 2.00. The van der Waals surface area contributed by atoms with Crippen LogP contribution in [-0.4, -0.2) is 19.2 Å². The van der Waals surface area contributed by atoms with Gasteiger partial charge in [0, 0.05) is 0 Å². The van der Waals surface area contributed by atoms with Gasteiger partial charge in [-0.15, -0.1) is 0 Å². The molecule has 4 nitrogen and oxygen atoms in total. The molecule has 1 unspecified atom stereocenters. The van der Waals surface area contributed by atoms with Crippen LogP contribution in [0.3, 0.4) is 0 Å². The lowest BCUT2D eigenvalue weighted by Gasteiger charge is -2.26. The SMILES string of the molecule is O=S1(=O)CCC(Nc2cccc(F)n2)c2cc(F)ccc21. The van der Waals surface area contributed by atoms with Crippen LogP contribution in [0.25, 0.3) is 0 Å². The highest BCUT2D eigenvalue weighted by molar-refractivity contribution is 7.91. The molecule has 0 bridgehead atoms. The summed E-state index contributed by atoms with van der Waals surface area (Å²) in [6.07, 6.45) is 0.275. The molecule has 0 amide bonds. The van der Waals surface area contributed by atoms with Gasteiger partial charge in [0.05, 0.1) is 16.7 Å². The standard InChI is InChI=1S/C14H12F2N2O2S/c15-9-4-5-12-10(8-9)11(6-7-21(12,19)20)17-14-3-1-2-13(16)18-14/h1-5,8,11H,6-7H2,(H,17,18). The summed E-state index contributed by atoms with van der Waals surface area (Å²) in [6, 6.07) is 7.45. The van der Waals surface area contributed by atoms with E-state index in [4.69, 9.17) is 0 Å². The van der Waals surface area contributed by atoms with E-state index in [1.165, 1.54) is 24.3 Å². The van der Waals surface area contributed by atoms with Crippen molar-refractivity contribution in [1.29, 1.82) is 0 Å². The molecule has 7 heteroatoms. The highest BCUT2D eigenvalue weighted by Crippen LogP contribution is 2.34. The van der Waals surface area contributed by atoms with E-state index in [9.17, 15) is 17.2 Å². The minimum atomic E-state index is -3.39. The molecular formula is C14H12F2N2O2S. The molecule has 0 saturated heterocycles. The van der Waals surface area contributed by atoms with Gasteiger partial charge in [-0.25, -0.2) is 17.8 Å². The van der Waals surface area contributed by atoms with Gasteiger partial charge in [-0.05, 0) is 42.3 Å². The Morgan fingerprint density at radius 1 is 1.19 bits per heavy atom. The smallest absolute Gasteiger partial charge is 0.214 e. The summed E-state index contributed by atoms with van der Waals surface area (Å²) in [7, 11) is -3.39. The zero-order valence-electron chi connectivity index (χ0n) is 10.9. The van der Waals surface area contributed by atoms with E-state index in [1.807, 2.05) is 0 Å². The summed E-state index contributed by atoms with van der Waals surface area (Å²) in [5, 5.41) is 2.96. The van der Waals surface area contributed by atoms with Crippen molar-refractivity contribution in [3.05, 3.63) is 53.7 Å². The van der Waals surface area contributed by atoms with Crippen LogP contribution >= 0.6 is 0 Å². The first kappa shape index (κ1) is 13.9. The molecule has 1 aromatic carbocycles. The van der Waals surface area contributed by atoms with E-state index in [0.29, 0.717) is 5.56 Å². The number of fused-ring (bicyclic) bond motifs is 1. The summed E-state index contributed by atoms with van der Waals surface area (Å²) in [5.74, 6) is -0.902. The van der Waals surface area contributed by atoms with Crippen molar-refractivity contribution < 1.29 is 17.2 Å². The topological polar surface area (TPSA) is 59.1 Å². The lowest BCUT2D eigenvalue weighted by molar-refractivity contribution is 0.566. The molecule has 1 N–H and O–H groups in total. The van der Waals surface area contributed by atoms with Crippen molar-refractivity contribution in [2.75, 3.05) is 11.1 Å². The first-order chi connectivity index (χ1) is 9.95. The minimum absolute atomic E-state index is 0.0430. The van der Waals surface area contributed by atoms with Gasteiger partial charge >= 0.3 is 0 Å². The third-order valence-corrected chi connectivity index (χ3v) is 5.21. The predicted octanol–water partition coefficient (Wildman–Crippen LogP) is 2.69. The Kier molecular flexibility index (Phi) is 3.36. The van der Waals surface area contributed by atoms with Crippen LogP contribution in [0.1, 0.15) is 18.0 Å². The van der Waals surface area contributed by atoms with Crippen molar-refractivity contribution in [2.24, 2.45) is 0 Å². The zero-order chi connectivity index (χ0) is 15.0. The summed E-state index contributed by atoms with van der Waals surface area (Å²) < 4.78 is 50.5. The number of halogens is 2. The van der Waals surface area contributed by atoms with Crippen LogP contribution in [-0.2, 0) is 9.84 Å². The summed E-state index contributed by atoms with van der Waals surface area (Å²) in [4.78, 5) is 3.79. The third kappa shape index (κ3) is 2.73. The molecule has 0 fully saturated rings. The number of nitrogens with zero attached hydrogens (tertiary/aromatic N) is 1. The Hall–Kier alpha value is -2.02. The summed E-state index contributed by atoms with van der Waals surface area (Å²) >= 11 is 0. The quantitative estimate of drug-likeness (QED) is 0.684. The van der Waals surface area contributed by atoms with E-state index < -0.39 is 27.6 Å². The number of hydrogen-bond acceptors (Lipinski definition) is 4. The average molecular weight is 310 g/mol.